The number of hydrogen-bond donors (Lipinski definition) is 1. The van der Waals surface area contributed by atoms with Gasteiger partial charge in [-0.2, -0.15) is 0 Å². The first-order chi connectivity index (χ1) is 10.6. The van der Waals surface area contributed by atoms with E-state index in [1.165, 1.54) is 12.1 Å². The summed E-state index contributed by atoms with van der Waals surface area (Å²) >= 11 is 0. The molecule has 0 spiro atoms. The van der Waals surface area contributed by atoms with Gasteiger partial charge in [-0.3, -0.25) is 4.79 Å². The molecule has 1 aromatic carbocycles. The van der Waals surface area contributed by atoms with Gasteiger partial charge in [0.2, 0.25) is 5.91 Å². The zero-order chi connectivity index (χ0) is 15.6. The lowest BCUT2D eigenvalue weighted by Crippen LogP contribution is -2.57. The van der Waals surface area contributed by atoms with Crippen LogP contribution in [0.3, 0.4) is 0 Å². The summed E-state index contributed by atoms with van der Waals surface area (Å²) in [7, 11) is 0. The Balaban J connectivity index is 1.93. The third-order valence-electron chi connectivity index (χ3n) is 4.79. The fourth-order valence-corrected chi connectivity index (χ4v) is 3.55. The minimum Gasteiger partial charge on any atom is -0.381 e. The monoisotopic (exact) mass is 306 g/mol. The number of carbonyl (C=O) groups excluding carboxylic acids is 1. The summed E-state index contributed by atoms with van der Waals surface area (Å²) in [5.41, 5.74) is 0.143. The van der Waals surface area contributed by atoms with Gasteiger partial charge >= 0.3 is 0 Å². The molecule has 0 saturated carbocycles. The molecule has 0 bridgehead atoms. The van der Waals surface area contributed by atoms with Crippen LogP contribution in [0.1, 0.15) is 25.3 Å². The largest absolute Gasteiger partial charge is 0.381 e. The van der Waals surface area contributed by atoms with Crippen molar-refractivity contribution in [1.29, 1.82) is 0 Å². The van der Waals surface area contributed by atoms with Crippen LogP contribution in [-0.2, 0) is 14.9 Å². The van der Waals surface area contributed by atoms with Gasteiger partial charge in [-0.15, -0.1) is 0 Å². The van der Waals surface area contributed by atoms with Crippen molar-refractivity contribution in [3.05, 3.63) is 35.6 Å². The summed E-state index contributed by atoms with van der Waals surface area (Å²) in [5, 5.41) is 3.35. The number of hydrogen-bond acceptors (Lipinski definition) is 3. The molecule has 5 heteroatoms. The number of nitrogens with one attached hydrogen (secondary N) is 1. The molecular formula is C17H23FN2O2. The Kier molecular flexibility index (Phi) is 4.45. The molecule has 4 nitrogen and oxygen atoms in total. The van der Waals surface area contributed by atoms with E-state index in [1.807, 2.05) is 11.0 Å². The molecule has 2 aliphatic heterocycles. The van der Waals surface area contributed by atoms with E-state index in [0.29, 0.717) is 45.2 Å². The maximum Gasteiger partial charge on any atom is 0.233 e. The normalized spacial score (nSPS) is 25.0. The van der Waals surface area contributed by atoms with Gasteiger partial charge in [-0.1, -0.05) is 12.1 Å². The Bertz CT molecular complexity index is 543. The van der Waals surface area contributed by atoms with Gasteiger partial charge in [0.25, 0.3) is 0 Å². The Morgan fingerprint density at radius 2 is 2.18 bits per heavy atom. The maximum absolute atomic E-state index is 13.7. The van der Waals surface area contributed by atoms with E-state index in [-0.39, 0.29) is 11.7 Å². The molecule has 120 valence electrons. The number of piperazine rings is 1. The van der Waals surface area contributed by atoms with Gasteiger partial charge in [0.1, 0.15) is 5.82 Å². The van der Waals surface area contributed by atoms with Crippen LogP contribution < -0.4 is 5.32 Å². The zero-order valence-electron chi connectivity index (χ0n) is 13.0. The van der Waals surface area contributed by atoms with E-state index in [4.69, 9.17) is 4.74 Å². The average Bonchev–Trinajstić information content (AvgIpc) is 2.55. The first-order valence-electron chi connectivity index (χ1n) is 7.98. The summed E-state index contributed by atoms with van der Waals surface area (Å²) in [6.45, 7) is 5.40. The molecule has 0 radical (unpaired) electrons. The number of benzene rings is 1. The molecule has 2 heterocycles. The van der Waals surface area contributed by atoms with Crippen molar-refractivity contribution in [2.45, 2.75) is 31.2 Å². The van der Waals surface area contributed by atoms with Crippen molar-refractivity contribution in [3.63, 3.8) is 0 Å². The number of nitrogens with zero attached hydrogens (tertiary/aromatic N) is 1. The molecule has 1 N–H and O–H groups in total. The lowest BCUT2D eigenvalue weighted by molar-refractivity contribution is -0.142. The summed E-state index contributed by atoms with van der Waals surface area (Å²) < 4.78 is 19.2. The molecule has 1 amide bonds. The van der Waals surface area contributed by atoms with Gasteiger partial charge in [0.05, 0.1) is 5.41 Å². The topological polar surface area (TPSA) is 41.6 Å². The van der Waals surface area contributed by atoms with E-state index < -0.39 is 5.41 Å². The van der Waals surface area contributed by atoms with Gasteiger partial charge in [0, 0.05) is 38.9 Å². The van der Waals surface area contributed by atoms with Crippen molar-refractivity contribution in [3.8, 4) is 0 Å². The first kappa shape index (κ1) is 15.4. The number of ether oxygens (including phenoxy) is 1. The van der Waals surface area contributed by atoms with Crippen LogP contribution in [0.2, 0.25) is 0 Å². The highest BCUT2D eigenvalue weighted by Crippen LogP contribution is 2.37. The van der Waals surface area contributed by atoms with E-state index in [1.54, 1.807) is 6.07 Å². The Hall–Kier alpha value is -1.46. The molecule has 3 rings (SSSR count). The van der Waals surface area contributed by atoms with E-state index >= 15 is 0 Å². The Labute approximate surface area is 130 Å². The summed E-state index contributed by atoms with van der Waals surface area (Å²) in [6.07, 6.45) is 1.24. The average molecular weight is 306 g/mol. The number of halogens is 1. The number of carbonyl (C=O) groups is 1. The highest BCUT2D eigenvalue weighted by atomic mass is 19.1. The van der Waals surface area contributed by atoms with Crippen LogP contribution in [-0.4, -0.2) is 49.7 Å². The summed E-state index contributed by atoms with van der Waals surface area (Å²) in [5.74, 6) is -0.167. The molecule has 0 aromatic heterocycles. The van der Waals surface area contributed by atoms with E-state index in [9.17, 15) is 9.18 Å². The molecule has 2 saturated heterocycles. The van der Waals surface area contributed by atoms with Gasteiger partial charge in [-0.25, -0.2) is 4.39 Å². The van der Waals surface area contributed by atoms with Crippen molar-refractivity contribution < 1.29 is 13.9 Å². The third-order valence-corrected chi connectivity index (χ3v) is 4.79. The molecule has 1 aromatic rings. The highest BCUT2D eigenvalue weighted by molar-refractivity contribution is 5.88. The fraction of sp³-hybridized carbons (Fsp3) is 0.588. The predicted molar refractivity (Wildman–Crippen MR) is 82.2 cm³/mol. The number of amides is 1. The van der Waals surface area contributed by atoms with Crippen LogP contribution in [0.4, 0.5) is 4.39 Å². The quantitative estimate of drug-likeness (QED) is 0.904. The highest BCUT2D eigenvalue weighted by Gasteiger charge is 2.44. The summed E-state index contributed by atoms with van der Waals surface area (Å²) in [6, 6.07) is 6.79. The van der Waals surface area contributed by atoms with E-state index in [0.717, 1.165) is 12.1 Å². The zero-order valence-corrected chi connectivity index (χ0v) is 13.0. The first-order valence-corrected chi connectivity index (χ1v) is 7.98. The maximum atomic E-state index is 13.7. The van der Waals surface area contributed by atoms with Gasteiger partial charge in [0.15, 0.2) is 0 Å². The Morgan fingerprint density at radius 1 is 1.41 bits per heavy atom. The lowest BCUT2D eigenvalue weighted by Gasteiger charge is -2.42. The van der Waals surface area contributed by atoms with Crippen molar-refractivity contribution in [2.24, 2.45) is 0 Å². The second-order valence-corrected chi connectivity index (χ2v) is 6.31. The minimum absolute atomic E-state index is 0.120. The van der Waals surface area contributed by atoms with Crippen molar-refractivity contribution in [1.82, 2.24) is 10.2 Å². The van der Waals surface area contributed by atoms with Crippen LogP contribution in [0.15, 0.2) is 24.3 Å². The molecular weight excluding hydrogens is 283 g/mol. The smallest absolute Gasteiger partial charge is 0.233 e. The van der Waals surface area contributed by atoms with Crippen LogP contribution in [0, 0.1) is 5.82 Å². The van der Waals surface area contributed by atoms with Gasteiger partial charge in [-0.05, 0) is 37.5 Å². The molecule has 0 unspecified atom stereocenters. The molecule has 2 aliphatic rings. The predicted octanol–water partition coefficient (Wildman–Crippen LogP) is 1.69. The second kappa shape index (κ2) is 6.34. The third kappa shape index (κ3) is 2.88. The van der Waals surface area contributed by atoms with Crippen LogP contribution in [0.25, 0.3) is 0 Å². The molecule has 0 aliphatic carbocycles. The van der Waals surface area contributed by atoms with Gasteiger partial charge < -0.3 is 15.0 Å². The molecule has 2 fully saturated rings. The molecule has 1 atom stereocenters. The van der Waals surface area contributed by atoms with Crippen molar-refractivity contribution in [2.75, 3.05) is 32.8 Å². The minimum atomic E-state index is -0.641. The summed E-state index contributed by atoms with van der Waals surface area (Å²) in [4.78, 5) is 15.2. The SMILES string of the molecule is C[C@@H]1CN(C(=O)C2(c3cccc(F)c3)CCOCC2)CCN1. The van der Waals surface area contributed by atoms with Crippen LogP contribution >= 0.6 is 0 Å². The Morgan fingerprint density at radius 3 is 2.86 bits per heavy atom. The standard InChI is InChI=1S/C17H23FN2O2/c1-13-12-20(8-7-19-13)16(21)17(5-9-22-10-6-17)14-3-2-4-15(18)11-14/h2-4,11,13,19H,5-10,12H2,1H3/t13-/m1/s1. The number of rotatable bonds is 2. The van der Waals surface area contributed by atoms with Crippen molar-refractivity contribution >= 4 is 5.91 Å². The molecule has 22 heavy (non-hydrogen) atoms. The van der Waals surface area contributed by atoms with Crippen LogP contribution in [0.5, 0.6) is 0 Å². The fourth-order valence-electron chi connectivity index (χ4n) is 3.55. The lowest BCUT2D eigenvalue weighted by atomic mass is 9.72. The van der Waals surface area contributed by atoms with E-state index in [2.05, 4.69) is 12.2 Å². The second-order valence-electron chi connectivity index (χ2n) is 6.31.